The Balaban J connectivity index is 1.97. The third-order valence-electron chi connectivity index (χ3n) is 3.59. The molecular weight excluding hydrogens is 210 g/mol. The molecule has 1 fully saturated rings. The first-order chi connectivity index (χ1) is 8.33. The van der Waals surface area contributed by atoms with E-state index in [-0.39, 0.29) is 0 Å². The Morgan fingerprint density at radius 3 is 2.71 bits per heavy atom. The largest absolute Gasteiger partial charge is 0.315 e. The summed E-state index contributed by atoms with van der Waals surface area (Å²) in [6.45, 7) is 11.0. The lowest BCUT2D eigenvalue weighted by atomic mass is 10.2. The maximum atomic E-state index is 3.46. The third kappa shape index (κ3) is 7.74. The molecule has 0 aliphatic carbocycles. The fraction of sp³-hybridized carbons (Fsp3) is 1.00. The minimum absolute atomic E-state index is 1.17. The lowest BCUT2D eigenvalue weighted by molar-refractivity contribution is 0.254. The van der Waals surface area contributed by atoms with E-state index in [1.165, 1.54) is 77.9 Å². The van der Waals surface area contributed by atoms with Crippen LogP contribution in [0.1, 0.15) is 39.0 Å². The first-order valence-corrected chi connectivity index (χ1v) is 7.44. The predicted molar refractivity (Wildman–Crippen MR) is 75.6 cm³/mol. The van der Waals surface area contributed by atoms with Crippen LogP contribution in [-0.2, 0) is 0 Å². The van der Waals surface area contributed by atoms with Gasteiger partial charge in [0.15, 0.2) is 0 Å². The van der Waals surface area contributed by atoms with Gasteiger partial charge in [0.25, 0.3) is 0 Å². The van der Waals surface area contributed by atoms with Crippen molar-refractivity contribution in [3.63, 3.8) is 0 Å². The van der Waals surface area contributed by atoms with Gasteiger partial charge in [-0.15, -0.1) is 0 Å². The first kappa shape index (κ1) is 14.9. The quantitative estimate of drug-likeness (QED) is 0.654. The third-order valence-corrected chi connectivity index (χ3v) is 3.59. The van der Waals surface area contributed by atoms with Gasteiger partial charge in [-0.1, -0.05) is 19.8 Å². The van der Waals surface area contributed by atoms with Gasteiger partial charge < -0.3 is 15.1 Å². The maximum Gasteiger partial charge on any atom is 0.0107 e. The topological polar surface area (TPSA) is 18.5 Å². The fourth-order valence-electron chi connectivity index (χ4n) is 2.43. The Labute approximate surface area is 108 Å². The molecule has 0 atom stereocenters. The normalized spacial score (nSPS) is 18.5. The molecule has 3 nitrogen and oxygen atoms in total. The lowest BCUT2D eigenvalue weighted by Gasteiger charge is -2.22. The molecule has 3 heteroatoms. The average Bonchev–Trinajstić information content (AvgIpc) is 2.58. The molecule has 17 heavy (non-hydrogen) atoms. The Hall–Kier alpha value is -0.120. The minimum Gasteiger partial charge on any atom is -0.315 e. The van der Waals surface area contributed by atoms with Gasteiger partial charge in [-0.2, -0.15) is 0 Å². The summed E-state index contributed by atoms with van der Waals surface area (Å²) in [5.74, 6) is 0. The summed E-state index contributed by atoms with van der Waals surface area (Å²) >= 11 is 0. The molecule has 102 valence electrons. The molecule has 0 unspecified atom stereocenters. The van der Waals surface area contributed by atoms with Crippen LogP contribution in [0, 0.1) is 0 Å². The smallest absolute Gasteiger partial charge is 0.0107 e. The highest BCUT2D eigenvalue weighted by molar-refractivity contribution is 4.66. The van der Waals surface area contributed by atoms with Gasteiger partial charge >= 0.3 is 0 Å². The van der Waals surface area contributed by atoms with E-state index in [4.69, 9.17) is 0 Å². The number of unbranched alkanes of at least 4 members (excludes halogenated alkanes) is 2. The number of nitrogens with zero attached hydrogens (tertiary/aromatic N) is 2. The Morgan fingerprint density at radius 2 is 1.88 bits per heavy atom. The van der Waals surface area contributed by atoms with Gasteiger partial charge in [-0.05, 0) is 59.0 Å². The molecule has 0 spiro atoms. The van der Waals surface area contributed by atoms with Crippen molar-refractivity contribution >= 4 is 0 Å². The summed E-state index contributed by atoms with van der Waals surface area (Å²) in [4.78, 5) is 5.10. The summed E-state index contributed by atoms with van der Waals surface area (Å²) < 4.78 is 0. The Kier molecular flexibility index (Phi) is 8.67. The summed E-state index contributed by atoms with van der Waals surface area (Å²) in [5.41, 5.74) is 0. The van der Waals surface area contributed by atoms with Gasteiger partial charge in [-0.3, -0.25) is 0 Å². The van der Waals surface area contributed by atoms with Crippen LogP contribution in [0.2, 0.25) is 0 Å². The highest BCUT2D eigenvalue weighted by Crippen LogP contribution is 2.00. The second kappa shape index (κ2) is 9.86. The Bertz CT molecular complexity index is 165. The number of rotatable bonds is 8. The van der Waals surface area contributed by atoms with Crippen molar-refractivity contribution in [2.24, 2.45) is 0 Å². The molecule has 0 bridgehead atoms. The van der Waals surface area contributed by atoms with Gasteiger partial charge in [-0.25, -0.2) is 0 Å². The summed E-state index contributed by atoms with van der Waals surface area (Å²) in [5, 5.41) is 3.46. The van der Waals surface area contributed by atoms with E-state index in [0.717, 1.165) is 0 Å². The van der Waals surface area contributed by atoms with Crippen molar-refractivity contribution in [3.8, 4) is 0 Å². The standard InChI is InChI=1S/C14H31N3/c1-3-4-5-10-16(2)11-7-13-17-12-6-8-15-9-14-17/h15H,3-14H2,1-2H3. The molecule has 0 amide bonds. The van der Waals surface area contributed by atoms with E-state index in [1.807, 2.05) is 0 Å². The van der Waals surface area contributed by atoms with Crippen molar-refractivity contribution < 1.29 is 0 Å². The molecule has 1 rings (SSSR count). The minimum atomic E-state index is 1.17. The van der Waals surface area contributed by atoms with E-state index >= 15 is 0 Å². The van der Waals surface area contributed by atoms with Crippen LogP contribution in [0.15, 0.2) is 0 Å². The van der Waals surface area contributed by atoms with Crippen molar-refractivity contribution in [3.05, 3.63) is 0 Å². The first-order valence-electron chi connectivity index (χ1n) is 7.44. The van der Waals surface area contributed by atoms with E-state index in [1.54, 1.807) is 0 Å². The zero-order valence-electron chi connectivity index (χ0n) is 11.9. The monoisotopic (exact) mass is 241 g/mol. The molecular formula is C14H31N3. The van der Waals surface area contributed by atoms with Gasteiger partial charge in [0.1, 0.15) is 0 Å². The molecule has 0 aromatic rings. The van der Waals surface area contributed by atoms with Crippen LogP contribution in [0.4, 0.5) is 0 Å². The molecule has 0 saturated carbocycles. The van der Waals surface area contributed by atoms with Crippen LogP contribution in [-0.4, -0.2) is 62.7 Å². The summed E-state index contributed by atoms with van der Waals surface area (Å²) in [6, 6.07) is 0. The van der Waals surface area contributed by atoms with Gasteiger partial charge in [0.05, 0.1) is 0 Å². The van der Waals surface area contributed by atoms with Crippen LogP contribution in [0.5, 0.6) is 0 Å². The van der Waals surface area contributed by atoms with Crippen LogP contribution < -0.4 is 5.32 Å². The van der Waals surface area contributed by atoms with Crippen LogP contribution in [0.3, 0.4) is 0 Å². The maximum absolute atomic E-state index is 3.46. The van der Waals surface area contributed by atoms with Gasteiger partial charge in [0.2, 0.25) is 0 Å². The molecule has 1 aliphatic rings. The molecule has 1 aliphatic heterocycles. The van der Waals surface area contributed by atoms with Crippen LogP contribution in [0.25, 0.3) is 0 Å². The van der Waals surface area contributed by atoms with Crippen LogP contribution >= 0.6 is 0 Å². The molecule has 0 radical (unpaired) electrons. The van der Waals surface area contributed by atoms with E-state index in [2.05, 4.69) is 29.1 Å². The summed E-state index contributed by atoms with van der Waals surface area (Å²) in [6.07, 6.45) is 6.70. The predicted octanol–water partition coefficient (Wildman–Crippen LogP) is 1.79. The Morgan fingerprint density at radius 1 is 1.06 bits per heavy atom. The van der Waals surface area contributed by atoms with Crippen molar-refractivity contribution in [2.45, 2.75) is 39.0 Å². The zero-order valence-corrected chi connectivity index (χ0v) is 11.9. The molecule has 1 heterocycles. The second-order valence-electron chi connectivity index (χ2n) is 5.31. The van der Waals surface area contributed by atoms with Crippen molar-refractivity contribution in [1.82, 2.24) is 15.1 Å². The van der Waals surface area contributed by atoms with E-state index in [9.17, 15) is 0 Å². The van der Waals surface area contributed by atoms with Gasteiger partial charge in [0, 0.05) is 13.1 Å². The fourth-order valence-corrected chi connectivity index (χ4v) is 2.43. The van der Waals surface area contributed by atoms with E-state index < -0.39 is 0 Å². The zero-order chi connectivity index (χ0) is 12.3. The molecule has 1 N–H and O–H groups in total. The number of nitrogens with one attached hydrogen (secondary N) is 1. The molecule has 0 aromatic heterocycles. The lowest BCUT2D eigenvalue weighted by Crippen LogP contribution is -2.31. The molecule has 0 aromatic carbocycles. The SMILES string of the molecule is CCCCCN(C)CCCN1CCCNCC1. The molecule has 1 saturated heterocycles. The summed E-state index contributed by atoms with van der Waals surface area (Å²) in [7, 11) is 2.26. The number of hydrogen-bond acceptors (Lipinski definition) is 3. The highest BCUT2D eigenvalue weighted by atomic mass is 15.2. The van der Waals surface area contributed by atoms with Crippen molar-refractivity contribution in [1.29, 1.82) is 0 Å². The average molecular weight is 241 g/mol. The van der Waals surface area contributed by atoms with Crippen molar-refractivity contribution in [2.75, 3.05) is 52.9 Å². The highest BCUT2D eigenvalue weighted by Gasteiger charge is 2.08. The second-order valence-corrected chi connectivity index (χ2v) is 5.31. The number of hydrogen-bond donors (Lipinski definition) is 1. The van der Waals surface area contributed by atoms with E-state index in [0.29, 0.717) is 0 Å².